The van der Waals surface area contributed by atoms with Gasteiger partial charge in [-0.2, -0.15) is 11.8 Å². The van der Waals surface area contributed by atoms with Crippen molar-refractivity contribution in [3.8, 4) is 0 Å². The fraction of sp³-hybridized carbons (Fsp3) is 0.909. The number of carbonyl (C=O) groups is 1. The van der Waals surface area contributed by atoms with Crippen molar-refractivity contribution in [2.45, 2.75) is 43.9 Å². The molecule has 1 aliphatic heterocycles. The van der Waals surface area contributed by atoms with Gasteiger partial charge in [0.2, 0.25) is 5.91 Å². The molecule has 16 heavy (non-hydrogen) atoms. The predicted octanol–water partition coefficient (Wildman–Crippen LogP) is 1.81. The van der Waals surface area contributed by atoms with Crippen LogP contribution in [-0.2, 0) is 4.79 Å². The topological polar surface area (TPSA) is 41.1 Å². The van der Waals surface area contributed by atoms with Crippen LogP contribution in [0.1, 0.15) is 32.6 Å². The third kappa shape index (κ3) is 6.61. The summed E-state index contributed by atoms with van der Waals surface area (Å²) in [6.45, 7) is 4.04. The molecule has 1 amide bonds. The van der Waals surface area contributed by atoms with Crippen LogP contribution in [0.3, 0.4) is 0 Å². The van der Waals surface area contributed by atoms with Crippen molar-refractivity contribution < 1.29 is 4.79 Å². The molecule has 0 bridgehead atoms. The average molecular weight is 267 g/mol. The Hall–Kier alpha value is 0.0700. The lowest BCUT2D eigenvalue weighted by molar-refractivity contribution is -0.121. The Bertz CT molecular complexity index is 198. The predicted molar refractivity (Wildman–Crippen MR) is 73.5 cm³/mol. The van der Waals surface area contributed by atoms with Crippen molar-refractivity contribution in [2.24, 2.45) is 0 Å². The molecule has 2 N–H and O–H groups in total. The Morgan fingerprint density at radius 3 is 2.94 bits per heavy atom. The summed E-state index contributed by atoms with van der Waals surface area (Å²) in [4.78, 5) is 11.5. The number of halogens is 1. The van der Waals surface area contributed by atoms with Crippen molar-refractivity contribution in [1.82, 2.24) is 10.6 Å². The number of thioether (sulfide) groups is 1. The molecule has 0 aromatic rings. The first kappa shape index (κ1) is 16.1. The van der Waals surface area contributed by atoms with E-state index in [1.807, 2.05) is 0 Å². The van der Waals surface area contributed by atoms with Crippen LogP contribution in [-0.4, -0.2) is 36.5 Å². The summed E-state index contributed by atoms with van der Waals surface area (Å²) >= 11 is 1.78. The van der Waals surface area contributed by atoms with Crippen LogP contribution in [0, 0.1) is 0 Å². The van der Waals surface area contributed by atoms with Crippen molar-refractivity contribution in [3.05, 3.63) is 0 Å². The van der Waals surface area contributed by atoms with Crippen molar-refractivity contribution in [3.63, 3.8) is 0 Å². The van der Waals surface area contributed by atoms with Crippen LogP contribution in [0.5, 0.6) is 0 Å². The molecular weight excluding hydrogens is 244 g/mol. The fourth-order valence-electron chi connectivity index (χ4n) is 1.74. The second-order valence-electron chi connectivity index (χ2n) is 4.18. The largest absolute Gasteiger partial charge is 0.355 e. The van der Waals surface area contributed by atoms with Crippen LogP contribution in [0.2, 0.25) is 0 Å². The van der Waals surface area contributed by atoms with Crippen LogP contribution >= 0.6 is 24.2 Å². The molecule has 2 atom stereocenters. The van der Waals surface area contributed by atoms with Gasteiger partial charge in [0.05, 0.1) is 0 Å². The van der Waals surface area contributed by atoms with E-state index in [0.29, 0.717) is 17.7 Å². The van der Waals surface area contributed by atoms with Crippen LogP contribution in [0.25, 0.3) is 0 Å². The molecule has 0 aromatic heterocycles. The van der Waals surface area contributed by atoms with E-state index in [0.717, 1.165) is 19.5 Å². The van der Waals surface area contributed by atoms with Crippen molar-refractivity contribution in [1.29, 1.82) is 0 Å². The van der Waals surface area contributed by atoms with E-state index in [1.54, 1.807) is 11.8 Å². The molecule has 1 aliphatic rings. The van der Waals surface area contributed by atoms with Crippen LogP contribution in [0.15, 0.2) is 0 Å². The summed E-state index contributed by atoms with van der Waals surface area (Å²) in [5.74, 6) is 0.199. The number of hydrogen-bond donors (Lipinski definition) is 2. The maximum absolute atomic E-state index is 11.5. The highest BCUT2D eigenvalue weighted by atomic mass is 35.5. The Balaban J connectivity index is 0.00000225. The quantitative estimate of drug-likeness (QED) is 0.771. The second-order valence-corrected chi connectivity index (χ2v) is 5.46. The van der Waals surface area contributed by atoms with Gasteiger partial charge in [-0.3, -0.25) is 4.79 Å². The minimum absolute atomic E-state index is 0. The van der Waals surface area contributed by atoms with Gasteiger partial charge in [0.15, 0.2) is 0 Å². The Labute approximate surface area is 109 Å². The third-order valence-electron chi connectivity index (χ3n) is 2.87. The summed E-state index contributed by atoms with van der Waals surface area (Å²) < 4.78 is 0. The fourth-order valence-corrected chi connectivity index (χ4v) is 1.99. The van der Waals surface area contributed by atoms with Crippen LogP contribution in [0.4, 0.5) is 0 Å². The van der Waals surface area contributed by atoms with E-state index >= 15 is 0 Å². The van der Waals surface area contributed by atoms with E-state index in [4.69, 9.17) is 0 Å². The molecule has 1 saturated heterocycles. The summed E-state index contributed by atoms with van der Waals surface area (Å²) in [5.41, 5.74) is 0. The van der Waals surface area contributed by atoms with E-state index < -0.39 is 0 Å². The minimum atomic E-state index is 0. The molecule has 0 aromatic carbocycles. The third-order valence-corrected chi connectivity index (χ3v) is 3.84. The molecule has 0 radical (unpaired) electrons. The molecule has 2 unspecified atom stereocenters. The highest BCUT2D eigenvalue weighted by Crippen LogP contribution is 2.10. The maximum atomic E-state index is 11.5. The van der Waals surface area contributed by atoms with Crippen molar-refractivity contribution in [2.75, 3.05) is 19.3 Å². The molecule has 96 valence electrons. The lowest BCUT2D eigenvalue weighted by Crippen LogP contribution is -2.31. The zero-order valence-electron chi connectivity index (χ0n) is 10.1. The average Bonchev–Trinajstić information content (AvgIpc) is 2.75. The molecule has 0 saturated carbocycles. The SMILES string of the molecule is CSC(C)CNC(=O)CCC1CCCN1.Cl. The Kier molecular flexibility index (Phi) is 9.18. The Morgan fingerprint density at radius 1 is 1.62 bits per heavy atom. The second kappa shape index (κ2) is 9.14. The molecule has 1 rings (SSSR count). The first-order chi connectivity index (χ1) is 7.22. The molecule has 1 heterocycles. The summed E-state index contributed by atoms with van der Waals surface area (Å²) in [6.07, 6.45) is 6.21. The van der Waals surface area contributed by atoms with E-state index in [9.17, 15) is 4.79 Å². The van der Waals surface area contributed by atoms with Gasteiger partial charge in [-0.15, -0.1) is 12.4 Å². The number of nitrogens with one attached hydrogen (secondary N) is 2. The van der Waals surface area contributed by atoms with Crippen molar-refractivity contribution >= 4 is 30.1 Å². The number of carbonyl (C=O) groups excluding carboxylic acids is 1. The molecule has 1 fully saturated rings. The first-order valence-corrected chi connectivity index (χ1v) is 7.04. The van der Waals surface area contributed by atoms with Gasteiger partial charge in [0, 0.05) is 24.3 Å². The lowest BCUT2D eigenvalue weighted by Gasteiger charge is -2.12. The van der Waals surface area contributed by atoms with Gasteiger partial charge in [-0.1, -0.05) is 6.92 Å². The van der Waals surface area contributed by atoms with Gasteiger partial charge < -0.3 is 10.6 Å². The monoisotopic (exact) mass is 266 g/mol. The minimum Gasteiger partial charge on any atom is -0.355 e. The van der Waals surface area contributed by atoms with E-state index in [-0.39, 0.29) is 18.3 Å². The summed E-state index contributed by atoms with van der Waals surface area (Å²) in [6, 6.07) is 0.578. The first-order valence-electron chi connectivity index (χ1n) is 5.75. The Morgan fingerprint density at radius 2 is 2.38 bits per heavy atom. The lowest BCUT2D eigenvalue weighted by atomic mass is 10.1. The summed E-state index contributed by atoms with van der Waals surface area (Å²) in [7, 11) is 0. The molecule has 5 heteroatoms. The maximum Gasteiger partial charge on any atom is 0.220 e. The van der Waals surface area contributed by atoms with Gasteiger partial charge >= 0.3 is 0 Å². The molecule has 0 aliphatic carbocycles. The number of hydrogen-bond acceptors (Lipinski definition) is 3. The van der Waals surface area contributed by atoms with E-state index in [2.05, 4.69) is 23.8 Å². The van der Waals surface area contributed by atoms with Crippen LogP contribution < -0.4 is 10.6 Å². The normalized spacial score (nSPS) is 21.2. The van der Waals surface area contributed by atoms with Gasteiger partial charge in [0.25, 0.3) is 0 Å². The number of amides is 1. The zero-order chi connectivity index (χ0) is 11.1. The molecule has 0 spiro atoms. The van der Waals surface area contributed by atoms with Gasteiger partial charge in [0.1, 0.15) is 0 Å². The van der Waals surface area contributed by atoms with Gasteiger partial charge in [-0.25, -0.2) is 0 Å². The molecular formula is C11H23ClN2OS. The highest BCUT2D eigenvalue weighted by Gasteiger charge is 2.15. The zero-order valence-corrected chi connectivity index (χ0v) is 11.8. The summed E-state index contributed by atoms with van der Waals surface area (Å²) in [5, 5.41) is 6.89. The molecule has 3 nitrogen and oxygen atoms in total. The smallest absolute Gasteiger partial charge is 0.220 e. The highest BCUT2D eigenvalue weighted by molar-refractivity contribution is 7.99. The van der Waals surface area contributed by atoms with E-state index in [1.165, 1.54) is 12.8 Å². The standard InChI is InChI=1S/C11H22N2OS.ClH/c1-9(15-2)8-13-11(14)6-5-10-4-3-7-12-10;/h9-10,12H,3-8H2,1-2H3,(H,13,14);1H. The van der Waals surface area contributed by atoms with Gasteiger partial charge in [-0.05, 0) is 32.1 Å². The number of rotatable bonds is 6.